The van der Waals surface area contributed by atoms with E-state index in [0.717, 1.165) is 49.4 Å². The molecule has 1 aromatic heterocycles. The molecule has 2 aliphatic heterocycles. The number of alkyl halides is 3. The van der Waals surface area contributed by atoms with E-state index in [1.165, 1.54) is 0 Å². The Labute approximate surface area is 177 Å². The third kappa shape index (κ3) is 3.48. The van der Waals surface area contributed by atoms with E-state index in [-0.39, 0.29) is 42.3 Å². The molecule has 10 heteroatoms. The van der Waals surface area contributed by atoms with Crippen LogP contribution in [0.1, 0.15) is 60.9 Å². The van der Waals surface area contributed by atoms with E-state index in [4.69, 9.17) is 5.73 Å². The summed E-state index contributed by atoms with van der Waals surface area (Å²) < 4.78 is 40.1. The summed E-state index contributed by atoms with van der Waals surface area (Å²) in [4.78, 5) is 22.1. The number of benzene rings is 1. The van der Waals surface area contributed by atoms with Crippen molar-refractivity contribution in [2.24, 2.45) is 5.73 Å². The van der Waals surface area contributed by atoms with Gasteiger partial charge in [-0.1, -0.05) is 6.07 Å². The smallest absolute Gasteiger partial charge is 0.367 e. The molecule has 1 amide bonds. The Morgan fingerprint density at radius 2 is 1.90 bits per heavy atom. The molecule has 7 nitrogen and oxygen atoms in total. The van der Waals surface area contributed by atoms with Crippen molar-refractivity contribution in [3.63, 3.8) is 0 Å². The lowest BCUT2D eigenvalue weighted by Gasteiger charge is -2.28. The molecule has 31 heavy (non-hydrogen) atoms. The number of fused-ring (bicyclic) bond motifs is 5. The summed E-state index contributed by atoms with van der Waals surface area (Å²) in [5.74, 6) is -0.182. The van der Waals surface area contributed by atoms with Gasteiger partial charge in [0.15, 0.2) is 0 Å². The molecule has 2 aromatic rings. The lowest BCUT2D eigenvalue weighted by molar-refractivity contribution is -0.137. The van der Waals surface area contributed by atoms with Crippen LogP contribution in [0, 0.1) is 0 Å². The van der Waals surface area contributed by atoms with Crippen molar-refractivity contribution >= 4 is 23.4 Å². The number of nitrogens with one attached hydrogen (secondary N) is 2. The minimum atomic E-state index is -4.53. The molecular formula is C21H23F3N6O. The maximum atomic E-state index is 13.4. The summed E-state index contributed by atoms with van der Waals surface area (Å²) >= 11 is 0. The van der Waals surface area contributed by atoms with Crippen molar-refractivity contribution in [1.82, 2.24) is 14.9 Å². The van der Waals surface area contributed by atoms with Gasteiger partial charge in [-0.25, -0.2) is 4.98 Å². The lowest BCUT2D eigenvalue weighted by atomic mass is 9.91. The number of amides is 1. The fraction of sp³-hybridized carbons (Fsp3) is 0.476. The van der Waals surface area contributed by atoms with Crippen molar-refractivity contribution in [2.75, 3.05) is 17.2 Å². The third-order valence-electron chi connectivity index (χ3n) is 6.45. The van der Waals surface area contributed by atoms with Gasteiger partial charge in [0.2, 0.25) is 11.9 Å². The minimum absolute atomic E-state index is 0.00506. The Morgan fingerprint density at radius 3 is 2.55 bits per heavy atom. The molecule has 164 valence electrons. The minimum Gasteiger partial charge on any atom is -0.367 e. The molecule has 3 heterocycles. The third-order valence-corrected chi connectivity index (χ3v) is 6.45. The first kappa shape index (κ1) is 20.0. The highest BCUT2D eigenvalue weighted by atomic mass is 19.4. The molecule has 2 fully saturated rings. The number of hydrogen-bond acceptors (Lipinski definition) is 6. The van der Waals surface area contributed by atoms with Gasteiger partial charge < -0.3 is 21.3 Å². The van der Waals surface area contributed by atoms with Crippen LogP contribution in [0.25, 0.3) is 0 Å². The normalized spacial score (nSPS) is 22.3. The molecule has 1 saturated carbocycles. The molecule has 2 atom stereocenters. The van der Waals surface area contributed by atoms with Gasteiger partial charge in [0, 0.05) is 17.9 Å². The van der Waals surface area contributed by atoms with E-state index in [1.54, 1.807) is 0 Å². The van der Waals surface area contributed by atoms with Crippen LogP contribution in [0.15, 0.2) is 24.4 Å². The predicted octanol–water partition coefficient (Wildman–Crippen LogP) is 3.88. The maximum absolute atomic E-state index is 13.4. The molecule has 0 radical (unpaired) electrons. The van der Waals surface area contributed by atoms with Gasteiger partial charge >= 0.3 is 6.18 Å². The second-order valence-corrected chi connectivity index (χ2v) is 8.31. The highest BCUT2D eigenvalue weighted by Crippen LogP contribution is 2.53. The van der Waals surface area contributed by atoms with E-state index in [2.05, 4.69) is 20.6 Å². The average molecular weight is 432 g/mol. The van der Waals surface area contributed by atoms with Gasteiger partial charge in [-0.2, -0.15) is 18.2 Å². The summed E-state index contributed by atoms with van der Waals surface area (Å²) in [5, 5.41) is 5.92. The summed E-state index contributed by atoms with van der Waals surface area (Å²) in [6.45, 7) is -0.0255. The van der Waals surface area contributed by atoms with E-state index in [0.29, 0.717) is 5.69 Å². The van der Waals surface area contributed by atoms with E-state index >= 15 is 0 Å². The van der Waals surface area contributed by atoms with Gasteiger partial charge in [0.1, 0.15) is 11.4 Å². The van der Waals surface area contributed by atoms with Crippen LogP contribution in [0.5, 0.6) is 0 Å². The van der Waals surface area contributed by atoms with Gasteiger partial charge in [-0.3, -0.25) is 4.79 Å². The summed E-state index contributed by atoms with van der Waals surface area (Å²) in [6.07, 6.45) is 0.721. The Kier molecular flexibility index (Phi) is 4.76. The number of nitrogens with zero attached hydrogens (tertiary/aromatic N) is 3. The zero-order valence-corrected chi connectivity index (χ0v) is 16.7. The van der Waals surface area contributed by atoms with Crippen LogP contribution in [0.3, 0.4) is 0 Å². The summed E-state index contributed by atoms with van der Waals surface area (Å²) in [6, 6.07) is 5.76. The monoisotopic (exact) mass is 432 g/mol. The first-order chi connectivity index (χ1) is 14.8. The molecule has 1 aliphatic carbocycles. The summed E-state index contributed by atoms with van der Waals surface area (Å²) in [5.41, 5.74) is 7.51. The molecule has 1 saturated heterocycles. The number of carbonyl (C=O) groups excluding carboxylic acids is 1. The SMILES string of the molecule is NCC(=O)N1[C@@H]2CC[C@H]1c1cc(Nc3ncc(C(F)(F)F)c(NC4CCC4)n3)ccc12. The van der Waals surface area contributed by atoms with Crippen molar-refractivity contribution in [3.05, 3.63) is 41.1 Å². The van der Waals surface area contributed by atoms with Crippen LogP contribution in [-0.2, 0) is 11.0 Å². The number of rotatable bonds is 5. The van der Waals surface area contributed by atoms with Crippen molar-refractivity contribution in [2.45, 2.75) is 56.4 Å². The van der Waals surface area contributed by atoms with Crippen LogP contribution < -0.4 is 16.4 Å². The highest BCUT2D eigenvalue weighted by molar-refractivity contribution is 5.81. The standard InChI is InChI=1S/C21H23F3N6O/c22-21(23,24)15-10-26-20(29-19(15)27-11-2-1-3-11)28-12-4-5-13-14(8-12)17-7-6-16(13)30(17)18(31)9-25/h4-5,8,10-11,16-17H,1-3,6-7,9,25H2,(H2,26,27,28,29)/t16-,17+/m1/s1. The second kappa shape index (κ2) is 7.37. The van der Waals surface area contributed by atoms with E-state index < -0.39 is 11.7 Å². The molecule has 4 N–H and O–H groups in total. The molecule has 5 rings (SSSR count). The van der Waals surface area contributed by atoms with Gasteiger partial charge in [-0.15, -0.1) is 0 Å². The molecule has 1 aromatic carbocycles. The molecule has 0 spiro atoms. The Balaban J connectivity index is 1.41. The molecular weight excluding hydrogens is 409 g/mol. The number of halogens is 3. The number of anilines is 3. The first-order valence-electron chi connectivity index (χ1n) is 10.5. The second-order valence-electron chi connectivity index (χ2n) is 8.31. The predicted molar refractivity (Wildman–Crippen MR) is 109 cm³/mol. The fourth-order valence-corrected chi connectivity index (χ4v) is 4.75. The van der Waals surface area contributed by atoms with Gasteiger partial charge in [-0.05, 0) is 55.4 Å². The molecule has 0 unspecified atom stereocenters. The van der Waals surface area contributed by atoms with Crippen LogP contribution in [0.2, 0.25) is 0 Å². The van der Waals surface area contributed by atoms with Crippen molar-refractivity contribution < 1.29 is 18.0 Å². The van der Waals surface area contributed by atoms with Crippen LogP contribution in [-0.4, -0.2) is 33.4 Å². The Hall–Kier alpha value is -2.88. The quantitative estimate of drug-likeness (QED) is 0.664. The zero-order chi connectivity index (χ0) is 21.8. The van der Waals surface area contributed by atoms with Crippen molar-refractivity contribution in [1.29, 1.82) is 0 Å². The van der Waals surface area contributed by atoms with E-state index in [9.17, 15) is 18.0 Å². The van der Waals surface area contributed by atoms with Gasteiger partial charge in [0.05, 0.1) is 18.6 Å². The maximum Gasteiger partial charge on any atom is 0.421 e. The van der Waals surface area contributed by atoms with Gasteiger partial charge in [0.25, 0.3) is 0 Å². The van der Waals surface area contributed by atoms with Crippen LogP contribution >= 0.6 is 0 Å². The molecule has 2 bridgehead atoms. The summed E-state index contributed by atoms with van der Waals surface area (Å²) in [7, 11) is 0. The number of nitrogens with two attached hydrogens (primary N) is 1. The van der Waals surface area contributed by atoms with Crippen LogP contribution in [0.4, 0.5) is 30.6 Å². The highest BCUT2D eigenvalue weighted by Gasteiger charge is 2.45. The number of hydrogen-bond donors (Lipinski definition) is 3. The first-order valence-corrected chi connectivity index (χ1v) is 10.5. The van der Waals surface area contributed by atoms with E-state index in [1.807, 2.05) is 23.1 Å². The topological polar surface area (TPSA) is 96.2 Å². The number of carbonyl (C=O) groups is 1. The lowest BCUT2D eigenvalue weighted by Crippen LogP contribution is -2.33. The average Bonchev–Trinajstić information content (AvgIpc) is 3.26. The van der Waals surface area contributed by atoms with Crippen molar-refractivity contribution in [3.8, 4) is 0 Å². The number of aromatic nitrogens is 2. The Morgan fingerprint density at radius 1 is 1.16 bits per heavy atom. The fourth-order valence-electron chi connectivity index (χ4n) is 4.75. The zero-order valence-electron chi connectivity index (χ0n) is 16.7. The Bertz CT molecular complexity index is 1020. The molecule has 3 aliphatic rings. The largest absolute Gasteiger partial charge is 0.421 e.